The third-order valence-electron chi connectivity index (χ3n) is 18.1. The number of amides is 1. The lowest BCUT2D eigenvalue weighted by molar-refractivity contribution is -0.143. The van der Waals surface area contributed by atoms with Gasteiger partial charge in [0.05, 0.1) is 25.4 Å². The summed E-state index contributed by atoms with van der Waals surface area (Å²) in [5.74, 6) is -0.0500. The maximum absolute atomic E-state index is 12.5. The molecule has 1 amide bonds. The number of rotatable bonds is 73. The number of unbranched alkanes of at least 4 members (excludes halogenated alkanes) is 56. The fraction of sp³-hybridized carbons (Fsp3) is 0.875. The second kappa shape index (κ2) is 75.3. The van der Waals surface area contributed by atoms with E-state index in [2.05, 4.69) is 55.6 Å². The van der Waals surface area contributed by atoms with Crippen molar-refractivity contribution in [1.29, 1.82) is 0 Å². The molecule has 0 heterocycles. The molecule has 0 fully saturated rings. The minimum absolute atomic E-state index is 0.0131. The van der Waals surface area contributed by atoms with Gasteiger partial charge >= 0.3 is 5.97 Å². The third kappa shape index (κ3) is 70.9. The van der Waals surface area contributed by atoms with Crippen LogP contribution in [-0.2, 0) is 14.3 Å². The molecule has 0 aromatic rings. The molecule has 0 aliphatic rings. The molecule has 0 aromatic heterocycles. The van der Waals surface area contributed by atoms with Gasteiger partial charge in [0.25, 0.3) is 0 Å². The Morgan fingerprint density at radius 2 is 0.581 bits per heavy atom. The molecule has 0 aromatic carbocycles. The quantitative estimate of drug-likeness (QED) is 0.0320. The maximum atomic E-state index is 12.5. The molecule has 0 rings (SSSR count). The molecule has 0 bridgehead atoms. The van der Waals surface area contributed by atoms with Crippen LogP contribution >= 0.6 is 0 Å². The second-order valence-corrected chi connectivity index (χ2v) is 26.7. The molecule has 0 saturated carbocycles. The van der Waals surface area contributed by atoms with Crippen molar-refractivity contribution < 1.29 is 24.5 Å². The van der Waals surface area contributed by atoms with Gasteiger partial charge in [-0.25, -0.2) is 0 Å². The highest BCUT2D eigenvalue weighted by Crippen LogP contribution is 2.19. The lowest BCUT2D eigenvalue weighted by Gasteiger charge is -2.20. The number of ether oxygens (including phenoxy) is 1. The van der Waals surface area contributed by atoms with E-state index in [9.17, 15) is 19.8 Å². The Hall–Kier alpha value is -2.18. The maximum Gasteiger partial charge on any atom is 0.305 e. The predicted molar refractivity (Wildman–Crippen MR) is 379 cm³/mol. The Morgan fingerprint density at radius 3 is 0.895 bits per heavy atom. The number of allylic oxidation sites excluding steroid dienone is 7. The van der Waals surface area contributed by atoms with E-state index in [1.54, 1.807) is 6.08 Å². The first-order valence-corrected chi connectivity index (χ1v) is 38.9. The van der Waals surface area contributed by atoms with Crippen LogP contribution in [0.25, 0.3) is 0 Å². The molecule has 0 saturated heterocycles. The zero-order valence-electron chi connectivity index (χ0n) is 58.1. The van der Waals surface area contributed by atoms with E-state index in [0.717, 1.165) is 51.4 Å². The van der Waals surface area contributed by atoms with E-state index in [-0.39, 0.29) is 18.5 Å². The Kier molecular flexibility index (Phi) is 73.4. The third-order valence-corrected chi connectivity index (χ3v) is 18.1. The van der Waals surface area contributed by atoms with Crippen LogP contribution in [0.2, 0.25) is 0 Å². The molecule has 2 unspecified atom stereocenters. The zero-order chi connectivity index (χ0) is 62.0. The summed E-state index contributed by atoms with van der Waals surface area (Å²) in [7, 11) is 0. The van der Waals surface area contributed by atoms with Crippen molar-refractivity contribution in [2.45, 2.75) is 437 Å². The molecule has 0 aliphatic carbocycles. The fourth-order valence-electron chi connectivity index (χ4n) is 12.1. The lowest BCUT2D eigenvalue weighted by atomic mass is 10.0. The molecule has 0 spiro atoms. The summed E-state index contributed by atoms with van der Waals surface area (Å²) in [4.78, 5) is 24.6. The van der Waals surface area contributed by atoms with Gasteiger partial charge in [-0.2, -0.15) is 0 Å². The first-order valence-electron chi connectivity index (χ1n) is 38.9. The molecule has 86 heavy (non-hydrogen) atoms. The summed E-state index contributed by atoms with van der Waals surface area (Å²) < 4.78 is 5.50. The van der Waals surface area contributed by atoms with Crippen LogP contribution in [0.4, 0.5) is 0 Å². The number of aliphatic hydroxyl groups excluding tert-OH is 2. The van der Waals surface area contributed by atoms with Crippen molar-refractivity contribution in [3.63, 3.8) is 0 Å². The molecular formula is C80H151NO5. The average Bonchev–Trinajstić information content (AvgIpc) is 3.51. The van der Waals surface area contributed by atoms with E-state index in [1.165, 1.54) is 347 Å². The number of esters is 1. The average molecular weight is 1210 g/mol. The largest absolute Gasteiger partial charge is 0.466 e. The summed E-state index contributed by atoms with van der Waals surface area (Å²) >= 11 is 0. The molecule has 6 heteroatoms. The minimum Gasteiger partial charge on any atom is -0.466 e. The first kappa shape index (κ1) is 83.8. The van der Waals surface area contributed by atoms with Crippen LogP contribution in [0, 0.1) is 0 Å². The van der Waals surface area contributed by atoms with Crippen LogP contribution in [0.5, 0.6) is 0 Å². The number of hydrogen-bond donors (Lipinski definition) is 3. The van der Waals surface area contributed by atoms with Crippen LogP contribution in [0.15, 0.2) is 48.6 Å². The first-order chi connectivity index (χ1) is 42.5. The van der Waals surface area contributed by atoms with Gasteiger partial charge < -0.3 is 20.3 Å². The van der Waals surface area contributed by atoms with Crippen LogP contribution < -0.4 is 5.32 Å². The van der Waals surface area contributed by atoms with E-state index < -0.39 is 12.1 Å². The number of aliphatic hydroxyl groups is 2. The monoisotopic (exact) mass is 1210 g/mol. The fourth-order valence-corrected chi connectivity index (χ4v) is 12.1. The van der Waals surface area contributed by atoms with Crippen molar-refractivity contribution in [3.8, 4) is 0 Å². The molecule has 0 aliphatic heterocycles. The Labute approximate surface area is 537 Å². The van der Waals surface area contributed by atoms with E-state index >= 15 is 0 Å². The van der Waals surface area contributed by atoms with Crippen molar-refractivity contribution in [3.05, 3.63) is 48.6 Å². The van der Waals surface area contributed by atoms with E-state index in [0.29, 0.717) is 19.4 Å². The smallest absolute Gasteiger partial charge is 0.305 e. The summed E-state index contributed by atoms with van der Waals surface area (Å²) in [5, 5.41) is 23.2. The predicted octanol–water partition coefficient (Wildman–Crippen LogP) is 25.6. The molecule has 506 valence electrons. The Balaban J connectivity index is 3.36. The Bertz CT molecular complexity index is 1440. The summed E-state index contributed by atoms with van der Waals surface area (Å²) in [6.07, 6.45) is 99.5. The molecule has 6 nitrogen and oxygen atoms in total. The lowest BCUT2D eigenvalue weighted by Crippen LogP contribution is -2.45. The molecular weight excluding hydrogens is 1050 g/mol. The molecule has 3 N–H and O–H groups in total. The SMILES string of the molecule is CCCCCCCCC/C=C\CCCCCCCC(=O)OCCCCCCCCCCCCCCCCC/C=C\C/C=C\CCCCCCCCCCCCCCCCCCCC(=O)NC(CO)C(O)/C=C/CCCCCCCCCCCCCC. The van der Waals surface area contributed by atoms with Gasteiger partial charge in [0, 0.05) is 12.8 Å². The molecule has 0 radical (unpaired) electrons. The summed E-state index contributed by atoms with van der Waals surface area (Å²) in [6.45, 7) is 4.93. The van der Waals surface area contributed by atoms with Gasteiger partial charge in [-0.05, 0) is 89.9 Å². The van der Waals surface area contributed by atoms with E-state index in [1.807, 2.05) is 6.08 Å². The molecule has 2 atom stereocenters. The standard InChI is InChI=1S/C80H151NO5/c1-3-5-7-9-11-13-15-17-19-46-50-54-58-62-66-70-74-80(85)86-75-71-67-63-59-55-51-47-44-42-40-38-36-34-32-30-28-26-24-22-20-21-23-25-27-29-31-33-35-37-39-41-43-45-49-53-57-61-65-69-73-79(84)81-77(76-82)78(83)72-68-64-60-56-52-48-18-16-14-12-10-8-6-4-2/h19-21,24,26,46,68,72,77-78,82-83H,3-18,22-23,25,27-45,47-67,69-71,73-76H2,1-2H3,(H,81,84)/b21-20-,26-24-,46-19-,72-68+. The number of hydrogen-bond acceptors (Lipinski definition) is 5. The summed E-state index contributed by atoms with van der Waals surface area (Å²) in [5.41, 5.74) is 0. The van der Waals surface area contributed by atoms with Crippen LogP contribution in [0.1, 0.15) is 425 Å². The second-order valence-electron chi connectivity index (χ2n) is 26.7. The number of nitrogens with one attached hydrogen (secondary N) is 1. The van der Waals surface area contributed by atoms with Gasteiger partial charge in [-0.1, -0.05) is 371 Å². The van der Waals surface area contributed by atoms with Crippen molar-refractivity contribution >= 4 is 11.9 Å². The van der Waals surface area contributed by atoms with Gasteiger partial charge in [0.2, 0.25) is 5.91 Å². The van der Waals surface area contributed by atoms with Gasteiger partial charge in [-0.3, -0.25) is 9.59 Å². The van der Waals surface area contributed by atoms with Crippen molar-refractivity contribution in [2.24, 2.45) is 0 Å². The zero-order valence-corrected chi connectivity index (χ0v) is 58.1. The minimum atomic E-state index is -0.842. The highest BCUT2D eigenvalue weighted by atomic mass is 16.5. The van der Waals surface area contributed by atoms with Crippen LogP contribution in [-0.4, -0.2) is 47.4 Å². The topological polar surface area (TPSA) is 95.9 Å². The number of carbonyl (C=O) groups excluding carboxylic acids is 2. The van der Waals surface area contributed by atoms with Crippen LogP contribution in [0.3, 0.4) is 0 Å². The normalized spacial score (nSPS) is 12.7. The highest BCUT2D eigenvalue weighted by molar-refractivity contribution is 5.76. The number of carbonyl (C=O) groups is 2. The summed E-state index contributed by atoms with van der Waals surface area (Å²) in [6, 6.07) is -0.625. The van der Waals surface area contributed by atoms with Crippen molar-refractivity contribution in [1.82, 2.24) is 5.32 Å². The van der Waals surface area contributed by atoms with Gasteiger partial charge in [-0.15, -0.1) is 0 Å². The van der Waals surface area contributed by atoms with E-state index in [4.69, 9.17) is 4.74 Å². The van der Waals surface area contributed by atoms with Gasteiger partial charge in [0.15, 0.2) is 0 Å². The highest BCUT2D eigenvalue weighted by Gasteiger charge is 2.18. The van der Waals surface area contributed by atoms with Gasteiger partial charge in [0.1, 0.15) is 0 Å². The Morgan fingerprint density at radius 1 is 0.326 bits per heavy atom. The van der Waals surface area contributed by atoms with Crippen molar-refractivity contribution in [2.75, 3.05) is 13.2 Å².